The lowest BCUT2D eigenvalue weighted by Gasteiger charge is -2.14. The summed E-state index contributed by atoms with van der Waals surface area (Å²) in [6, 6.07) is -0.0625. The molecule has 1 aromatic rings. The van der Waals surface area contributed by atoms with Gasteiger partial charge in [-0.25, -0.2) is 4.98 Å². The van der Waals surface area contributed by atoms with Crippen LogP contribution < -0.4 is 5.32 Å². The smallest absolute Gasteiger partial charge is 0.307 e. The maximum absolute atomic E-state index is 12.1. The third-order valence-electron chi connectivity index (χ3n) is 3.81. The summed E-state index contributed by atoms with van der Waals surface area (Å²) in [5.41, 5.74) is -0.454. The molecule has 0 bridgehead atoms. The molecule has 0 spiro atoms. The van der Waals surface area contributed by atoms with Crippen LogP contribution in [-0.2, 0) is 16.1 Å². The van der Waals surface area contributed by atoms with E-state index in [2.05, 4.69) is 10.3 Å². The fourth-order valence-electron chi connectivity index (χ4n) is 2.68. The first-order valence-electron chi connectivity index (χ1n) is 6.33. The standard InChI is InChI=1S/C13H19N3O3/c1-8(6-16-5-4-14-7-16)15-11(17)9-10(12(18)19)13(9,2)3/h4-5,7-10H,6H2,1-3H3,(H,15,17)(H,18,19)/t8?,9-,10+/m1/s1. The Kier molecular flexibility index (Phi) is 3.34. The number of hydrogen-bond acceptors (Lipinski definition) is 3. The second-order valence-corrected chi connectivity index (χ2v) is 5.78. The van der Waals surface area contributed by atoms with Crippen molar-refractivity contribution in [2.75, 3.05) is 0 Å². The van der Waals surface area contributed by atoms with Crippen molar-refractivity contribution in [3.63, 3.8) is 0 Å². The van der Waals surface area contributed by atoms with E-state index in [-0.39, 0.29) is 11.9 Å². The fourth-order valence-corrected chi connectivity index (χ4v) is 2.68. The van der Waals surface area contributed by atoms with E-state index in [1.165, 1.54) is 0 Å². The van der Waals surface area contributed by atoms with Gasteiger partial charge in [-0.05, 0) is 12.3 Å². The van der Waals surface area contributed by atoms with Crippen molar-refractivity contribution in [2.24, 2.45) is 17.3 Å². The molecule has 0 radical (unpaired) electrons. The van der Waals surface area contributed by atoms with Crippen molar-refractivity contribution in [3.8, 4) is 0 Å². The van der Waals surface area contributed by atoms with E-state index in [9.17, 15) is 9.59 Å². The van der Waals surface area contributed by atoms with Crippen LogP contribution >= 0.6 is 0 Å². The molecule has 1 heterocycles. The van der Waals surface area contributed by atoms with Gasteiger partial charge in [-0.1, -0.05) is 13.8 Å². The third-order valence-corrected chi connectivity index (χ3v) is 3.81. The van der Waals surface area contributed by atoms with E-state index in [1.54, 1.807) is 12.5 Å². The average Bonchev–Trinajstić information content (AvgIpc) is 2.66. The molecule has 1 aromatic heterocycles. The minimum absolute atomic E-state index is 0.0625. The van der Waals surface area contributed by atoms with Crippen LogP contribution in [0.15, 0.2) is 18.7 Å². The summed E-state index contributed by atoms with van der Waals surface area (Å²) < 4.78 is 1.87. The van der Waals surface area contributed by atoms with Crippen molar-refractivity contribution < 1.29 is 14.7 Å². The first kappa shape index (κ1) is 13.6. The molecular weight excluding hydrogens is 246 g/mol. The van der Waals surface area contributed by atoms with Crippen LogP contribution in [0.1, 0.15) is 20.8 Å². The summed E-state index contributed by atoms with van der Waals surface area (Å²) in [7, 11) is 0. The second kappa shape index (κ2) is 4.68. The molecule has 1 aliphatic carbocycles. The highest BCUT2D eigenvalue weighted by atomic mass is 16.4. The maximum atomic E-state index is 12.1. The van der Waals surface area contributed by atoms with Crippen molar-refractivity contribution in [1.29, 1.82) is 0 Å². The molecule has 1 amide bonds. The summed E-state index contributed by atoms with van der Waals surface area (Å²) in [5, 5.41) is 11.9. The molecule has 0 aliphatic heterocycles. The predicted molar refractivity (Wildman–Crippen MR) is 68.2 cm³/mol. The number of aromatic nitrogens is 2. The molecule has 19 heavy (non-hydrogen) atoms. The van der Waals surface area contributed by atoms with Crippen LogP contribution in [-0.4, -0.2) is 32.6 Å². The zero-order valence-electron chi connectivity index (χ0n) is 11.3. The minimum atomic E-state index is -0.896. The highest BCUT2D eigenvalue weighted by molar-refractivity contribution is 5.91. The number of carboxylic acids is 1. The first-order valence-corrected chi connectivity index (χ1v) is 6.33. The largest absolute Gasteiger partial charge is 0.481 e. The molecule has 2 rings (SSSR count). The van der Waals surface area contributed by atoms with Gasteiger partial charge in [0, 0.05) is 25.0 Å². The van der Waals surface area contributed by atoms with Crippen LogP contribution in [0.25, 0.3) is 0 Å². The van der Waals surface area contributed by atoms with E-state index in [4.69, 9.17) is 5.11 Å². The van der Waals surface area contributed by atoms with Gasteiger partial charge in [0.25, 0.3) is 0 Å². The fraction of sp³-hybridized carbons (Fsp3) is 0.615. The molecule has 3 atom stereocenters. The number of amides is 1. The third kappa shape index (κ3) is 2.62. The lowest BCUT2D eigenvalue weighted by molar-refractivity contribution is -0.140. The quantitative estimate of drug-likeness (QED) is 0.822. The lowest BCUT2D eigenvalue weighted by atomic mass is 10.1. The Labute approximate surface area is 111 Å². The number of imidazole rings is 1. The number of nitrogens with one attached hydrogen (secondary N) is 1. The average molecular weight is 265 g/mol. The number of rotatable bonds is 5. The van der Waals surface area contributed by atoms with Gasteiger partial charge in [0.1, 0.15) is 0 Å². The Morgan fingerprint density at radius 3 is 2.63 bits per heavy atom. The van der Waals surface area contributed by atoms with E-state index in [0.717, 1.165) is 0 Å². The number of hydrogen-bond donors (Lipinski definition) is 2. The van der Waals surface area contributed by atoms with Crippen molar-refractivity contribution in [2.45, 2.75) is 33.4 Å². The van der Waals surface area contributed by atoms with Gasteiger partial charge in [0.2, 0.25) is 5.91 Å². The van der Waals surface area contributed by atoms with Crippen LogP contribution in [0, 0.1) is 17.3 Å². The monoisotopic (exact) mass is 265 g/mol. The van der Waals surface area contributed by atoms with Gasteiger partial charge >= 0.3 is 5.97 Å². The molecule has 0 aromatic carbocycles. The zero-order valence-corrected chi connectivity index (χ0v) is 11.3. The van der Waals surface area contributed by atoms with Crippen molar-refractivity contribution >= 4 is 11.9 Å². The highest BCUT2D eigenvalue weighted by Crippen LogP contribution is 2.58. The first-order chi connectivity index (χ1) is 8.84. The minimum Gasteiger partial charge on any atom is -0.481 e. The van der Waals surface area contributed by atoms with Gasteiger partial charge in [0.05, 0.1) is 18.2 Å². The van der Waals surface area contributed by atoms with Gasteiger partial charge in [-0.3, -0.25) is 9.59 Å². The lowest BCUT2D eigenvalue weighted by Crippen LogP contribution is -2.37. The van der Waals surface area contributed by atoms with E-state index >= 15 is 0 Å². The highest BCUT2D eigenvalue weighted by Gasteiger charge is 2.65. The Morgan fingerprint density at radius 2 is 2.16 bits per heavy atom. The Bertz CT molecular complexity index is 481. The van der Waals surface area contributed by atoms with Crippen LogP contribution in [0.2, 0.25) is 0 Å². The van der Waals surface area contributed by atoms with E-state index in [0.29, 0.717) is 6.54 Å². The molecule has 104 valence electrons. The van der Waals surface area contributed by atoms with Gasteiger partial charge in [-0.2, -0.15) is 0 Å². The SMILES string of the molecule is CC(Cn1ccnc1)NC(=O)[C@H]1[C@@H](C(=O)O)C1(C)C. The van der Waals surface area contributed by atoms with Crippen LogP contribution in [0.5, 0.6) is 0 Å². The van der Waals surface area contributed by atoms with Gasteiger partial charge < -0.3 is 15.0 Å². The molecule has 1 unspecified atom stereocenters. The van der Waals surface area contributed by atoms with Crippen LogP contribution in [0.4, 0.5) is 0 Å². The number of aliphatic carboxylic acids is 1. The number of carbonyl (C=O) groups excluding carboxylic acids is 1. The number of nitrogens with zero attached hydrogens (tertiary/aromatic N) is 2. The van der Waals surface area contributed by atoms with E-state index < -0.39 is 23.2 Å². The summed E-state index contributed by atoms with van der Waals surface area (Å²) in [6.45, 7) is 6.15. The molecule has 1 fully saturated rings. The molecular formula is C13H19N3O3. The molecule has 6 nitrogen and oxygen atoms in total. The van der Waals surface area contributed by atoms with Gasteiger partial charge in [-0.15, -0.1) is 0 Å². The number of carbonyl (C=O) groups is 2. The normalized spacial score (nSPS) is 25.6. The Hall–Kier alpha value is -1.85. The van der Waals surface area contributed by atoms with Crippen molar-refractivity contribution in [1.82, 2.24) is 14.9 Å². The summed E-state index contributed by atoms with van der Waals surface area (Å²) >= 11 is 0. The van der Waals surface area contributed by atoms with E-state index in [1.807, 2.05) is 31.5 Å². The molecule has 1 saturated carbocycles. The maximum Gasteiger partial charge on any atom is 0.307 e. The zero-order chi connectivity index (χ0) is 14.2. The summed E-state index contributed by atoms with van der Waals surface area (Å²) in [5.74, 6) is -2.08. The molecule has 6 heteroatoms. The second-order valence-electron chi connectivity index (χ2n) is 5.78. The topological polar surface area (TPSA) is 84.2 Å². The number of carboxylic acid groups (broad SMARTS) is 1. The molecule has 2 N–H and O–H groups in total. The predicted octanol–water partition coefficient (Wildman–Crippen LogP) is 0.745. The van der Waals surface area contributed by atoms with Crippen molar-refractivity contribution in [3.05, 3.63) is 18.7 Å². The van der Waals surface area contributed by atoms with Crippen LogP contribution in [0.3, 0.4) is 0 Å². The van der Waals surface area contributed by atoms with Gasteiger partial charge in [0.15, 0.2) is 0 Å². The molecule has 0 saturated heterocycles. The molecule has 1 aliphatic rings. The Balaban J connectivity index is 1.90. The summed E-state index contributed by atoms with van der Waals surface area (Å²) in [4.78, 5) is 27.0. The summed E-state index contributed by atoms with van der Waals surface area (Å²) in [6.07, 6.45) is 5.19. The Morgan fingerprint density at radius 1 is 1.47 bits per heavy atom.